The van der Waals surface area contributed by atoms with Crippen LogP contribution >= 0.6 is 0 Å². The van der Waals surface area contributed by atoms with Gasteiger partial charge in [0.15, 0.2) is 0 Å². The summed E-state index contributed by atoms with van der Waals surface area (Å²) < 4.78 is 5.79. The second-order valence-electron chi connectivity index (χ2n) is 4.78. The van der Waals surface area contributed by atoms with Crippen LogP contribution in [0.4, 0.5) is 5.82 Å². The number of benzene rings is 1. The Morgan fingerprint density at radius 1 is 1.28 bits per heavy atom. The molecule has 1 aromatic heterocycles. The van der Waals surface area contributed by atoms with Gasteiger partial charge in [-0.15, -0.1) is 0 Å². The Morgan fingerprint density at radius 2 is 2.17 bits per heavy atom. The van der Waals surface area contributed by atoms with Crippen LogP contribution in [-0.4, -0.2) is 11.6 Å². The van der Waals surface area contributed by atoms with Crippen molar-refractivity contribution in [1.82, 2.24) is 4.98 Å². The van der Waals surface area contributed by atoms with Crippen LogP contribution in [0.2, 0.25) is 0 Å². The Morgan fingerprint density at radius 3 is 3.06 bits per heavy atom. The first kappa shape index (κ1) is 11.1. The van der Waals surface area contributed by atoms with E-state index in [-0.39, 0.29) is 0 Å². The third-order valence-electron chi connectivity index (χ3n) is 3.33. The third-order valence-corrected chi connectivity index (χ3v) is 3.33. The Kier molecular flexibility index (Phi) is 2.89. The number of ether oxygens (including phenoxy) is 1. The number of nitrogen functional groups attached to an aromatic ring is 1. The smallest absolute Gasteiger partial charge is 0.123 e. The lowest BCUT2D eigenvalue weighted by molar-refractivity contribution is 0.221. The van der Waals surface area contributed by atoms with Gasteiger partial charge < -0.3 is 10.5 Å². The van der Waals surface area contributed by atoms with Crippen molar-refractivity contribution in [1.29, 1.82) is 0 Å². The molecule has 3 rings (SSSR count). The molecule has 1 aliphatic rings. The summed E-state index contributed by atoms with van der Waals surface area (Å²) in [6.45, 7) is 0.777. The second-order valence-corrected chi connectivity index (χ2v) is 4.78. The van der Waals surface area contributed by atoms with E-state index in [4.69, 9.17) is 10.5 Å². The number of pyridine rings is 1. The number of para-hydroxylation sites is 1. The molecule has 0 spiro atoms. The van der Waals surface area contributed by atoms with Gasteiger partial charge >= 0.3 is 0 Å². The number of nitrogens with zero attached hydrogens (tertiary/aromatic N) is 1. The zero-order valence-electron chi connectivity index (χ0n) is 10.2. The molecular weight excluding hydrogens is 224 g/mol. The van der Waals surface area contributed by atoms with Gasteiger partial charge in [-0.3, -0.25) is 0 Å². The molecule has 0 saturated heterocycles. The molecule has 0 saturated carbocycles. The first-order chi connectivity index (χ1) is 8.81. The molecule has 92 valence electrons. The van der Waals surface area contributed by atoms with E-state index in [1.165, 1.54) is 11.1 Å². The number of fused-ring (bicyclic) bond motifs is 1. The van der Waals surface area contributed by atoms with Crippen molar-refractivity contribution >= 4 is 5.82 Å². The maximum Gasteiger partial charge on any atom is 0.123 e. The lowest BCUT2D eigenvalue weighted by atomic mass is 9.91. The molecular formula is C15H16N2O. The average Bonchev–Trinajstić information content (AvgIpc) is 2.39. The Balaban J connectivity index is 1.73. The molecule has 1 atom stereocenters. The highest BCUT2D eigenvalue weighted by atomic mass is 16.5. The van der Waals surface area contributed by atoms with Gasteiger partial charge in [0.1, 0.15) is 11.6 Å². The van der Waals surface area contributed by atoms with Crippen LogP contribution in [0.3, 0.4) is 0 Å². The fraction of sp³-hybridized carbons (Fsp3) is 0.267. The maximum absolute atomic E-state index is 5.79. The fourth-order valence-electron chi connectivity index (χ4n) is 2.48. The van der Waals surface area contributed by atoms with Crippen LogP contribution in [-0.2, 0) is 12.8 Å². The van der Waals surface area contributed by atoms with E-state index in [1.54, 1.807) is 6.20 Å². The van der Waals surface area contributed by atoms with Crippen molar-refractivity contribution in [3.05, 3.63) is 53.7 Å². The normalized spacial score (nSPS) is 17.9. The van der Waals surface area contributed by atoms with Crippen molar-refractivity contribution in [2.45, 2.75) is 12.8 Å². The number of rotatable bonds is 2. The van der Waals surface area contributed by atoms with Gasteiger partial charge in [-0.25, -0.2) is 4.98 Å². The summed E-state index contributed by atoms with van der Waals surface area (Å²) in [7, 11) is 0. The minimum absolute atomic E-state index is 0.515. The van der Waals surface area contributed by atoms with Gasteiger partial charge in [0, 0.05) is 12.1 Å². The maximum atomic E-state index is 5.79. The van der Waals surface area contributed by atoms with Gasteiger partial charge in [-0.1, -0.05) is 18.2 Å². The highest BCUT2D eigenvalue weighted by Gasteiger charge is 2.19. The summed E-state index contributed by atoms with van der Waals surface area (Å²) in [5.74, 6) is 2.13. The molecule has 3 nitrogen and oxygen atoms in total. The molecule has 0 bridgehead atoms. The average molecular weight is 240 g/mol. The monoisotopic (exact) mass is 240 g/mol. The number of anilines is 1. The summed E-state index contributed by atoms with van der Waals surface area (Å²) >= 11 is 0. The zero-order chi connectivity index (χ0) is 12.4. The van der Waals surface area contributed by atoms with Crippen molar-refractivity contribution < 1.29 is 4.74 Å². The van der Waals surface area contributed by atoms with Crippen LogP contribution in [0.15, 0.2) is 42.6 Å². The lowest BCUT2D eigenvalue weighted by Gasteiger charge is -2.25. The molecule has 0 unspecified atom stereocenters. The molecule has 2 N–H and O–H groups in total. The summed E-state index contributed by atoms with van der Waals surface area (Å²) in [5, 5.41) is 0. The van der Waals surface area contributed by atoms with Crippen molar-refractivity contribution in [2.75, 3.05) is 12.3 Å². The SMILES string of the molecule is Nc1cc(C[C@H]2COc3ccccc3C2)ccn1. The van der Waals surface area contributed by atoms with E-state index >= 15 is 0 Å². The van der Waals surface area contributed by atoms with E-state index < -0.39 is 0 Å². The van der Waals surface area contributed by atoms with Crippen LogP contribution in [0.25, 0.3) is 0 Å². The predicted molar refractivity (Wildman–Crippen MR) is 71.5 cm³/mol. The number of aromatic nitrogens is 1. The van der Waals surface area contributed by atoms with Crippen LogP contribution in [0.5, 0.6) is 5.75 Å². The largest absolute Gasteiger partial charge is 0.493 e. The van der Waals surface area contributed by atoms with E-state index in [9.17, 15) is 0 Å². The van der Waals surface area contributed by atoms with Crippen molar-refractivity contribution in [2.24, 2.45) is 5.92 Å². The Hall–Kier alpha value is -2.03. The minimum atomic E-state index is 0.515. The molecule has 18 heavy (non-hydrogen) atoms. The van der Waals surface area contributed by atoms with Gasteiger partial charge in [-0.05, 0) is 42.2 Å². The van der Waals surface area contributed by atoms with Gasteiger partial charge in [0.05, 0.1) is 6.61 Å². The van der Waals surface area contributed by atoms with Crippen LogP contribution in [0, 0.1) is 5.92 Å². The molecule has 0 aliphatic carbocycles. The van der Waals surface area contributed by atoms with Gasteiger partial charge in [-0.2, -0.15) is 0 Å². The summed E-state index contributed by atoms with van der Waals surface area (Å²) in [6.07, 6.45) is 3.82. The van der Waals surface area contributed by atoms with E-state index in [2.05, 4.69) is 17.1 Å². The predicted octanol–water partition coefficient (Wildman–Crippen LogP) is 2.46. The number of hydrogen-bond donors (Lipinski definition) is 1. The molecule has 3 heteroatoms. The Labute approximate surface area is 107 Å². The zero-order valence-corrected chi connectivity index (χ0v) is 10.2. The summed E-state index contributed by atoms with van der Waals surface area (Å²) in [6, 6.07) is 12.2. The first-order valence-corrected chi connectivity index (χ1v) is 6.22. The molecule has 2 aromatic rings. The minimum Gasteiger partial charge on any atom is -0.493 e. The molecule has 1 aromatic carbocycles. The lowest BCUT2D eigenvalue weighted by Crippen LogP contribution is -2.22. The standard InChI is InChI=1S/C15H16N2O/c16-15-9-11(5-6-17-15)7-12-8-13-3-1-2-4-14(13)18-10-12/h1-6,9,12H,7-8,10H2,(H2,16,17)/t12-/m1/s1. The summed E-state index contributed by atoms with van der Waals surface area (Å²) in [5.41, 5.74) is 8.23. The fourth-order valence-corrected chi connectivity index (χ4v) is 2.48. The molecule has 0 amide bonds. The highest BCUT2D eigenvalue weighted by molar-refractivity contribution is 5.36. The third kappa shape index (κ3) is 2.30. The second kappa shape index (κ2) is 4.69. The topological polar surface area (TPSA) is 48.1 Å². The van der Waals surface area contributed by atoms with E-state index in [1.807, 2.05) is 24.3 Å². The molecule has 0 fully saturated rings. The van der Waals surface area contributed by atoms with Gasteiger partial charge in [0.25, 0.3) is 0 Å². The van der Waals surface area contributed by atoms with Crippen molar-refractivity contribution in [3.8, 4) is 5.75 Å². The molecule has 2 heterocycles. The summed E-state index contributed by atoms with van der Waals surface area (Å²) in [4.78, 5) is 4.02. The van der Waals surface area contributed by atoms with Crippen LogP contribution in [0.1, 0.15) is 11.1 Å². The quantitative estimate of drug-likeness (QED) is 0.877. The van der Waals surface area contributed by atoms with Gasteiger partial charge in [0.2, 0.25) is 0 Å². The Bertz CT molecular complexity index is 554. The van der Waals surface area contributed by atoms with E-state index in [0.717, 1.165) is 25.2 Å². The molecule has 0 radical (unpaired) electrons. The molecule has 1 aliphatic heterocycles. The number of hydrogen-bond acceptors (Lipinski definition) is 3. The number of nitrogens with two attached hydrogens (primary N) is 1. The first-order valence-electron chi connectivity index (χ1n) is 6.22. The van der Waals surface area contributed by atoms with Crippen LogP contribution < -0.4 is 10.5 Å². The van der Waals surface area contributed by atoms with E-state index in [0.29, 0.717) is 11.7 Å². The van der Waals surface area contributed by atoms with Crippen molar-refractivity contribution in [3.63, 3.8) is 0 Å². The highest BCUT2D eigenvalue weighted by Crippen LogP contribution is 2.28.